The van der Waals surface area contributed by atoms with E-state index >= 15 is 0 Å². The highest BCUT2D eigenvalue weighted by Crippen LogP contribution is 2.34. The summed E-state index contributed by atoms with van der Waals surface area (Å²) in [5.74, 6) is -0.329. The van der Waals surface area contributed by atoms with Gasteiger partial charge in [0.25, 0.3) is 0 Å². The Labute approximate surface area is 186 Å². The van der Waals surface area contributed by atoms with Crippen LogP contribution in [0.1, 0.15) is 30.4 Å². The molecule has 2 saturated heterocycles. The van der Waals surface area contributed by atoms with Gasteiger partial charge in [0.2, 0.25) is 11.8 Å². The molecule has 0 aromatic heterocycles. The minimum atomic E-state index is -0.951. The van der Waals surface area contributed by atoms with Gasteiger partial charge < -0.3 is 14.9 Å². The van der Waals surface area contributed by atoms with Crippen LogP contribution in [0.4, 0.5) is 0 Å². The number of rotatable bonds is 4. The first-order valence-corrected chi connectivity index (χ1v) is 10.9. The molecule has 2 fully saturated rings. The molecule has 0 spiro atoms. The lowest BCUT2D eigenvalue weighted by Gasteiger charge is -2.39. The maximum absolute atomic E-state index is 13.0. The van der Waals surface area contributed by atoms with Gasteiger partial charge >= 0.3 is 0 Å². The highest BCUT2D eigenvalue weighted by Gasteiger charge is 2.40. The molecule has 0 aliphatic carbocycles. The van der Waals surface area contributed by atoms with E-state index in [0.717, 1.165) is 11.1 Å². The molecule has 1 N–H and O–H groups in total. The molecule has 0 bridgehead atoms. The number of piperidine rings is 1. The third kappa shape index (κ3) is 4.48. The first-order valence-electron chi connectivity index (χ1n) is 10.1. The summed E-state index contributed by atoms with van der Waals surface area (Å²) in [6, 6.07) is 14.6. The zero-order chi connectivity index (χ0) is 21.3. The molecule has 0 saturated carbocycles. The number of aliphatic hydroxyl groups is 1. The molecule has 7 heteroatoms. The molecule has 2 aliphatic rings. The fourth-order valence-corrected chi connectivity index (χ4v) is 4.56. The predicted octanol–water partition coefficient (Wildman–Crippen LogP) is 3.85. The topological polar surface area (TPSA) is 60.9 Å². The molecule has 2 aromatic rings. The van der Waals surface area contributed by atoms with Crippen molar-refractivity contribution in [1.29, 1.82) is 0 Å². The molecular weight excluding hydrogens is 423 g/mol. The van der Waals surface area contributed by atoms with Gasteiger partial charge in [-0.2, -0.15) is 0 Å². The molecule has 2 aromatic carbocycles. The Hall–Kier alpha value is -2.08. The molecule has 158 valence electrons. The molecule has 1 unspecified atom stereocenters. The van der Waals surface area contributed by atoms with Crippen molar-refractivity contribution in [1.82, 2.24) is 9.80 Å². The minimum absolute atomic E-state index is 0.000104. The number of halogens is 2. The number of benzene rings is 2. The molecule has 2 heterocycles. The Morgan fingerprint density at radius 3 is 2.17 bits per heavy atom. The fourth-order valence-electron chi connectivity index (χ4n) is 4.30. The number of nitrogens with zero attached hydrogens (tertiary/aromatic N) is 2. The Morgan fingerprint density at radius 1 is 1.00 bits per heavy atom. The van der Waals surface area contributed by atoms with Gasteiger partial charge in [0.15, 0.2) is 0 Å². The monoisotopic (exact) mass is 446 g/mol. The van der Waals surface area contributed by atoms with Crippen LogP contribution in [0.3, 0.4) is 0 Å². The van der Waals surface area contributed by atoms with Crippen molar-refractivity contribution < 1.29 is 14.7 Å². The number of amides is 2. The van der Waals surface area contributed by atoms with Gasteiger partial charge in [-0.05, 0) is 48.2 Å². The summed E-state index contributed by atoms with van der Waals surface area (Å²) in [7, 11) is 0. The largest absolute Gasteiger partial charge is 0.385 e. The summed E-state index contributed by atoms with van der Waals surface area (Å²) >= 11 is 11.9. The van der Waals surface area contributed by atoms with Gasteiger partial charge in [-0.1, -0.05) is 47.5 Å². The van der Waals surface area contributed by atoms with Gasteiger partial charge in [0.05, 0.1) is 11.5 Å². The number of hydrogen-bond acceptors (Lipinski definition) is 3. The second kappa shape index (κ2) is 8.58. The van der Waals surface area contributed by atoms with E-state index in [0.29, 0.717) is 49.1 Å². The molecule has 4 rings (SSSR count). The second-order valence-electron chi connectivity index (χ2n) is 8.17. The number of carbonyl (C=O) groups is 2. The van der Waals surface area contributed by atoms with E-state index < -0.39 is 5.60 Å². The Kier molecular flexibility index (Phi) is 6.05. The molecule has 5 nitrogen and oxygen atoms in total. The summed E-state index contributed by atoms with van der Waals surface area (Å²) in [6.07, 6.45) is 1.18. The maximum atomic E-state index is 13.0. The summed E-state index contributed by atoms with van der Waals surface area (Å²) < 4.78 is 0. The Balaban J connectivity index is 1.34. The molecule has 0 radical (unpaired) electrons. The average Bonchev–Trinajstić information content (AvgIpc) is 3.10. The third-order valence-corrected chi connectivity index (χ3v) is 6.64. The lowest BCUT2D eigenvalue weighted by molar-refractivity contribution is -0.140. The van der Waals surface area contributed by atoms with Crippen molar-refractivity contribution in [2.75, 3.05) is 19.6 Å². The Bertz CT molecular complexity index is 922. The average molecular weight is 447 g/mol. The quantitative estimate of drug-likeness (QED) is 0.775. The van der Waals surface area contributed by atoms with Crippen molar-refractivity contribution in [3.63, 3.8) is 0 Å². The summed E-state index contributed by atoms with van der Waals surface area (Å²) in [4.78, 5) is 29.0. The SMILES string of the molecule is O=C1CC(C(=O)N2CCC(O)(c3ccc(Cl)cc3)CC2)CN1Cc1ccc(Cl)cc1. The van der Waals surface area contributed by atoms with Crippen LogP contribution in [-0.2, 0) is 21.7 Å². The van der Waals surface area contributed by atoms with E-state index in [2.05, 4.69) is 0 Å². The maximum Gasteiger partial charge on any atom is 0.227 e. The molecular formula is C23H24Cl2N2O3. The summed E-state index contributed by atoms with van der Waals surface area (Å²) in [6.45, 7) is 1.86. The van der Waals surface area contributed by atoms with E-state index in [1.54, 1.807) is 34.1 Å². The van der Waals surface area contributed by atoms with Crippen LogP contribution in [0.5, 0.6) is 0 Å². The van der Waals surface area contributed by atoms with Crippen molar-refractivity contribution in [3.05, 3.63) is 69.7 Å². The van der Waals surface area contributed by atoms with Crippen molar-refractivity contribution in [3.8, 4) is 0 Å². The standard InChI is InChI=1S/C23H24Cl2N2O3/c24-19-5-1-16(2-6-19)14-27-15-17(13-21(27)28)22(29)26-11-9-23(30,10-12-26)18-3-7-20(25)8-4-18/h1-8,17,30H,9-15H2. The third-order valence-electron chi connectivity index (χ3n) is 6.13. The second-order valence-corrected chi connectivity index (χ2v) is 9.04. The number of hydrogen-bond donors (Lipinski definition) is 1. The molecule has 2 aliphatic heterocycles. The first kappa shape index (κ1) is 21.2. The van der Waals surface area contributed by atoms with Crippen LogP contribution in [-0.4, -0.2) is 46.4 Å². The van der Waals surface area contributed by atoms with Crippen molar-refractivity contribution in [2.45, 2.75) is 31.4 Å². The van der Waals surface area contributed by atoms with Gasteiger partial charge in [-0.3, -0.25) is 9.59 Å². The highest BCUT2D eigenvalue weighted by molar-refractivity contribution is 6.30. The lowest BCUT2D eigenvalue weighted by Crippen LogP contribution is -2.47. The van der Waals surface area contributed by atoms with Gasteiger partial charge in [-0.15, -0.1) is 0 Å². The minimum Gasteiger partial charge on any atom is -0.385 e. The smallest absolute Gasteiger partial charge is 0.227 e. The van der Waals surface area contributed by atoms with Crippen LogP contribution in [0, 0.1) is 5.92 Å². The van der Waals surface area contributed by atoms with E-state index in [-0.39, 0.29) is 24.2 Å². The van der Waals surface area contributed by atoms with Crippen molar-refractivity contribution in [2.24, 2.45) is 5.92 Å². The normalized spacial score (nSPS) is 21.2. The zero-order valence-corrected chi connectivity index (χ0v) is 18.1. The van der Waals surface area contributed by atoms with Gasteiger partial charge in [0, 0.05) is 42.6 Å². The summed E-state index contributed by atoms with van der Waals surface area (Å²) in [5, 5.41) is 12.3. The molecule has 30 heavy (non-hydrogen) atoms. The van der Waals surface area contributed by atoms with E-state index in [1.165, 1.54) is 0 Å². The summed E-state index contributed by atoms with van der Waals surface area (Å²) in [5.41, 5.74) is 0.865. The molecule has 1 atom stereocenters. The first-order chi connectivity index (χ1) is 14.3. The number of carbonyl (C=O) groups excluding carboxylic acids is 2. The lowest BCUT2D eigenvalue weighted by atomic mass is 9.84. The van der Waals surface area contributed by atoms with Crippen LogP contribution in [0.2, 0.25) is 10.0 Å². The van der Waals surface area contributed by atoms with E-state index in [9.17, 15) is 14.7 Å². The van der Waals surface area contributed by atoms with Crippen LogP contribution in [0.15, 0.2) is 48.5 Å². The van der Waals surface area contributed by atoms with E-state index in [4.69, 9.17) is 23.2 Å². The van der Waals surface area contributed by atoms with Crippen LogP contribution >= 0.6 is 23.2 Å². The fraction of sp³-hybridized carbons (Fsp3) is 0.391. The van der Waals surface area contributed by atoms with Gasteiger partial charge in [0.1, 0.15) is 0 Å². The number of likely N-dealkylation sites (tertiary alicyclic amines) is 2. The van der Waals surface area contributed by atoms with Crippen LogP contribution in [0.25, 0.3) is 0 Å². The van der Waals surface area contributed by atoms with Crippen molar-refractivity contribution >= 4 is 35.0 Å². The zero-order valence-electron chi connectivity index (χ0n) is 16.6. The predicted molar refractivity (Wildman–Crippen MR) is 116 cm³/mol. The molecule has 2 amide bonds. The van der Waals surface area contributed by atoms with Gasteiger partial charge in [-0.25, -0.2) is 0 Å². The van der Waals surface area contributed by atoms with E-state index in [1.807, 2.05) is 24.3 Å². The van der Waals surface area contributed by atoms with Crippen LogP contribution < -0.4 is 0 Å². The highest BCUT2D eigenvalue weighted by atomic mass is 35.5. The Morgan fingerprint density at radius 2 is 1.57 bits per heavy atom.